The fourth-order valence-corrected chi connectivity index (χ4v) is 2.00. The van der Waals surface area contributed by atoms with Crippen LogP contribution in [0, 0.1) is 0 Å². The van der Waals surface area contributed by atoms with E-state index in [0.717, 1.165) is 16.8 Å². The molecule has 2 amide bonds. The number of urea groups is 1. The Labute approximate surface area is 124 Å². The maximum atomic E-state index is 12.0. The van der Waals surface area contributed by atoms with Gasteiger partial charge in [-0.05, 0) is 49.2 Å². The number of aromatic nitrogens is 1. The van der Waals surface area contributed by atoms with Crippen molar-refractivity contribution < 1.29 is 4.79 Å². The van der Waals surface area contributed by atoms with Crippen molar-refractivity contribution in [2.45, 2.75) is 25.9 Å². The molecular weight excluding hydrogens is 264 g/mol. The molecule has 5 heteroatoms. The summed E-state index contributed by atoms with van der Waals surface area (Å²) < 4.78 is 0. The van der Waals surface area contributed by atoms with Crippen molar-refractivity contribution in [3.63, 3.8) is 0 Å². The van der Waals surface area contributed by atoms with E-state index in [2.05, 4.69) is 15.6 Å². The Morgan fingerprint density at radius 1 is 1.14 bits per heavy atom. The smallest absolute Gasteiger partial charge is 0.319 e. The Morgan fingerprint density at radius 3 is 2.52 bits per heavy atom. The van der Waals surface area contributed by atoms with Crippen LogP contribution in [0.3, 0.4) is 0 Å². The third-order valence-electron chi connectivity index (χ3n) is 3.22. The summed E-state index contributed by atoms with van der Waals surface area (Å²) in [4.78, 5) is 16.0. The lowest BCUT2D eigenvalue weighted by atomic mass is 10.1. The number of carbonyl (C=O) groups excluding carboxylic acids is 1. The van der Waals surface area contributed by atoms with Crippen LogP contribution in [0.1, 0.15) is 37.1 Å². The highest BCUT2D eigenvalue weighted by Crippen LogP contribution is 2.16. The summed E-state index contributed by atoms with van der Waals surface area (Å²) in [6, 6.07) is 10.9. The summed E-state index contributed by atoms with van der Waals surface area (Å²) in [6.45, 7) is 3.83. The Kier molecular flexibility index (Phi) is 4.90. The molecule has 2 aromatic rings. The molecule has 1 heterocycles. The third-order valence-corrected chi connectivity index (χ3v) is 3.22. The predicted molar refractivity (Wildman–Crippen MR) is 83.9 cm³/mol. The molecule has 21 heavy (non-hydrogen) atoms. The van der Waals surface area contributed by atoms with E-state index in [0.29, 0.717) is 0 Å². The van der Waals surface area contributed by atoms with Crippen LogP contribution in [0.15, 0.2) is 48.8 Å². The van der Waals surface area contributed by atoms with Gasteiger partial charge in [0.05, 0.1) is 6.04 Å². The minimum Gasteiger partial charge on any atom is -0.331 e. The zero-order valence-corrected chi connectivity index (χ0v) is 12.2. The first-order valence-electron chi connectivity index (χ1n) is 6.89. The summed E-state index contributed by atoms with van der Waals surface area (Å²) in [6.07, 6.45) is 3.41. The number of anilines is 1. The second kappa shape index (κ2) is 6.85. The molecule has 110 valence electrons. The van der Waals surface area contributed by atoms with E-state index in [1.165, 1.54) is 0 Å². The monoisotopic (exact) mass is 284 g/mol. The van der Waals surface area contributed by atoms with Crippen molar-refractivity contribution in [1.29, 1.82) is 0 Å². The second-order valence-corrected chi connectivity index (χ2v) is 5.01. The maximum absolute atomic E-state index is 12.0. The topological polar surface area (TPSA) is 80.0 Å². The van der Waals surface area contributed by atoms with Gasteiger partial charge in [0.15, 0.2) is 0 Å². The van der Waals surface area contributed by atoms with E-state index in [4.69, 9.17) is 5.73 Å². The molecule has 0 aliphatic rings. The molecule has 1 aromatic heterocycles. The van der Waals surface area contributed by atoms with Crippen LogP contribution >= 0.6 is 0 Å². The highest BCUT2D eigenvalue weighted by Gasteiger charge is 2.09. The fourth-order valence-electron chi connectivity index (χ4n) is 2.00. The van der Waals surface area contributed by atoms with Crippen LogP contribution in [0.5, 0.6) is 0 Å². The van der Waals surface area contributed by atoms with Gasteiger partial charge < -0.3 is 16.4 Å². The lowest BCUT2D eigenvalue weighted by Gasteiger charge is -2.15. The van der Waals surface area contributed by atoms with Gasteiger partial charge >= 0.3 is 6.03 Å². The summed E-state index contributed by atoms with van der Waals surface area (Å²) in [5, 5.41) is 5.70. The van der Waals surface area contributed by atoms with Crippen molar-refractivity contribution in [3.05, 3.63) is 59.9 Å². The number of nitrogens with two attached hydrogens (primary N) is 1. The molecule has 0 radical (unpaired) electrons. The largest absolute Gasteiger partial charge is 0.331 e. The van der Waals surface area contributed by atoms with E-state index < -0.39 is 0 Å². The SMILES string of the molecule is CC(N)c1cccc(NC(=O)NC(C)c2ccncc2)c1. The molecule has 0 bridgehead atoms. The van der Waals surface area contributed by atoms with Gasteiger partial charge in [0.2, 0.25) is 0 Å². The van der Waals surface area contributed by atoms with E-state index in [-0.39, 0.29) is 18.1 Å². The van der Waals surface area contributed by atoms with Crippen LogP contribution in [0.2, 0.25) is 0 Å². The lowest BCUT2D eigenvalue weighted by Crippen LogP contribution is -2.31. The molecule has 2 unspecified atom stereocenters. The molecule has 5 nitrogen and oxygen atoms in total. The Morgan fingerprint density at radius 2 is 1.86 bits per heavy atom. The Hall–Kier alpha value is -2.40. The molecule has 0 saturated heterocycles. The van der Waals surface area contributed by atoms with Gasteiger partial charge in [-0.1, -0.05) is 12.1 Å². The first-order valence-corrected chi connectivity index (χ1v) is 6.89. The molecule has 1 aromatic carbocycles. The average Bonchev–Trinajstić information content (AvgIpc) is 2.48. The number of amides is 2. The van der Waals surface area contributed by atoms with E-state index in [1.54, 1.807) is 12.4 Å². The molecule has 4 N–H and O–H groups in total. The van der Waals surface area contributed by atoms with Gasteiger partial charge in [0.25, 0.3) is 0 Å². The third kappa shape index (κ3) is 4.29. The molecular formula is C16H20N4O. The quantitative estimate of drug-likeness (QED) is 0.807. The number of hydrogen-bond donors (Lipinski definition) is 3. The van der Waals surface area contributed by atoms with Crippen LogP contribution in [-0.4, -0.2) is 11.0 Å². The minimum atomic E-state index is -0.249. The average molecular weight is 284 g/mol. The minimum absolute atomic E-state index is 0.0643. The molecule has 0 aliphatic heterocycles. The van der Waals surface area contributed by atoms with Crippen molar-refractivity contribution in [1.82, 2.24) is 10.3 Å². The first-order chi connectivity index (χ1) is 10.1. The number of hydrogen-bond acceptors (Lipinski definition) is 3. The number of rotatable bonds is 4. The Balaban J connectivity index is 1.97. The van der Waals surface area contributed by atoms with Crippen molar-refractivity contribution in [2.75, 3.05) is 5.32 Å². The van der Waals surface area contributed by atoms with Crippen molar-refractivity contribution >= 4 is 11.7 Å². The summed E-state index contributed by atoms with van der Waals surface area (Å²) >= 11 is 0. The first kappa shape index (κ1) is 15.0. The molecule has 2 rings (SSSR count). The van der Waals surface area contributed by atoms with E-state index >= 15 is 0 Å². The standard InChI is InChI=1S/C16H20N4O/c1-11(17)14-4-3-5-15(10-14)20-16(21)19-12(2)13-6-8-18-9-7-13/h3-12H,17H2,1-2H3,(H2,19,20,21). The number of benzene rings is 1. The number of nitrogens with zero attached hydrogens (tertiary/aromatic N) is 1. The lowest BCUT2D eigenvalue weighted by molar-refractivity contribution is 0.249. The highest BCUT2D eigenvalue weighted by atomic mass is 16.2. The van der Waals surface area contributed by atoms with Gasteiger partial charge in [-0.2, -0.15) is 0 Å². The van der Waals surface area contributed by atoms with Gasteiger partial charge in [0.1, 0.15) is 0 Å². The summed E-state index contributed by atoms with van der Waals surface area (Å²) in [7, 11) is 0. The van der Waals surface area contributed by atoms with E-state index in [9.17, 15) is 4.79 Å². The normalized spacial score (nSPS) is 13.3. The van der Waals surface area contributed by atoms with Crippen LogP contribution < -0.4 is 16.4 Å². The highest BCUT2D eigenvalue weighted by molar-refractivity contribution is 5.89. The number of carbonyl (C=O) groups is 1. The Bertz CT molecular complexity index is 598. The van der Waals surface area contributed by atoms with Gasteiger partial charge in [0, 0.05) is 24.1 Å². The summed E-state index contributed by atoms with van der Waals surface area (Å²) in [5.41, 5.74) is 8.55. The van der Waals surface area contributed by atoms with Gasteiger partial charge in [-0.15, -0.1) is 0 Å². The van der Waals surface area contributed by atoms with E-state index in [1.807, 2.05) is 50.2 Å². The van der Waals surface area contributed by atoms with Gasteiger partial charge in [-0.3, -0.25) is 4.98 Å². The number of pyridine rings is 1. The second-order valence-electron chi connectivity index (χ2n) is 5.01. The predicted octanol–water partition coefficient (Wildman–Crippen LogP) is 2.98. The molecule has 2 atom stereocenters. The maximum Gasteiger partial charge on any atom is 0.319 e. The molecule has 0 spiro atoms. The zero-order chi connectivity index (χ0) is 15.2. The fraction of sp³-hybridized carbons (Fsp3) is 0.250. The molecule has 0 saturated carbocycles. The zero-order valence-electron chi connectivity index (χ0n) is 12.2. The van der Waals surface area contributed by atoms with Crippen LogP contribution in [-0.2, 0) is 0 Å². The van der Waals surface area contributed by atoms with Crippen LogP contribution in [0.25, 0.3) is 0 Å². The van der Waals surface area contributed by atoms with Crippen LogP contribution in [0.4, 0.5) is 10.5 Å². The van der Waals surface area contributed by atoms with Crippen molar-refractivity contribution in [2.24, 2.45) is 5.73 Å². The van der Waals surface area contributed by atoms with Crippen molar-refractivity contribution in [3.8, 4) is 0 Å². The molecule has 0 fully saturated rings. The van der Waals surface area contributed by atoms with Gasteiger partial charge in [-0.25, -0.2) is 4.79 Å². The number of nitrogens with one attached hydrogen (secondary N) is 2. The molecule has 0 aliphatic carbocycles. The summed E-state index contributed by atoms with van der Waals surface area (Å²) in [5.74, 6) is 0.